The van der Waals surface area contributed by atoms with E-state index in [9.17, 15) is 4.79 Å². The molecule has 1 heterocycles. The number of ether oxygens (including phenoxy) is 1. The van der Waals surface area contributed by atoms with Gasteiger partial charge in [0.2, 0.25) is 0 Å². The van der Waals surface area contributed by atoms with E-state index in [4.69, 9.17) is 4.74 Å². The lowest BCUT2D eigenvalue weighted by Gasteiger charge is -2.09. The van der Waals surface area contributed by atoms with Crippen LogP contribution in [0.3, 0.4) is 0 Å². The average molecular weight is 327 g/mol. The van der Waals surface area contributed by atoms with Gasteiger partial charge in [-0.05, 0) is 41.0 Å². The van der Waals surface area contributed by atoms with Crippen LogP contribution in [0, 0.1) is 0 Å². The molecule has 0 bridgehead atoms. The zero-order chi connectivity index (χ0) is 17.2. The molecule has 122 valence electrons. The standard InChI is InChI=1S/C21H18BNO2/c22-14-23-19-11-17-9-5-4-8-16(17)10-18(19)12-20(23)21(24)25-13-15-6-2-1-3-7-15/h1-12H,13-14,22H2. The molecule has 0 spiro atoms. The molecular formula is C21H18BNO2. The molecule has 0 radical (unpaired) electrons. The van der Waals surface area contributed by atoms with Crippen molar-refractivity contribution in [3.05, 3.63) is 84.1 Å². The van der Waals surface area contributed by atoms with E-state index in [-0.39, 0.29) is 12.6 Å². The Labute approximate surface area is 147 Å². The first-order valence-electron chi connectivity index (χ1n) is 8.49. The third kappa shape index (κ3) is 2.91. The van der Waals surface area contributed by atoms with Crippen molar-refractivity contribution in [1.29, 1.82) is 0 Å². The topological polar surface area (TPSA) is 31.2 Å². The van der Waals surface area contributed by atoms with Gasteiger partial charge in [-0.3, -0.25) is 0 Å². The van der Waals surface area contributed by atoms with E-state index in [0.29, 0.717) is 5.69 Å². The number of carbonyl (C=O) groups is 1. The lowest BCUT2D eigenvalue weighted by Crippen LogP contribution is -2.12. The summed E-state index contributed by atoms with van der Waals surface area (Å²) in [6.07, 6.45) is 0.720. The van der Waals surface area contributed by atoms with E-state index in [0.717, 1.165) is 22.9 Å². The van der Waals surface area contributed by atoms with Crippen LogP contribution in [-0.2, 0) is 17.8 Å². The predicted molar refractivity (Wildman–Crippen MR) is 104 cm³/mol. The summed E-state index contributed by atoms with van der Waals surface area (Å²) in [6.45, 7) is 0.285. The maximum absolute atomic E-state index is 12.6. The molecule has 0 atom stereocenters. The summed E-state index contributed by atoms with van der Waals surface area (Å²) in [7, 11) is 2.04. The fourth-order valence-electron chi connectivity index (χ4n) is 3.26. The Balaban J connectivity index is 1.70. The van der Waals surface area contributed by atoms with Gasteiger partial charge in [0.15, 0.2) is 0 Å². The molecule has 1 aromatic heterocycles. The zero-order valence-electron chi connectivity index (χ0n) is 14.1. The Morgan fingerprint density at radius 1 is 0.880 bits per heavy atom. The number of nitrogens with zero attached hydrogens (tertiary/aromatic N) is 1. The maximum atomic E-state index is 12.6. The van der Waals surface area contributed by atoms with Crippen LogP contribution in [0.1, 0.15) is 16.1 Å². The Bertz CT molecular complexity index is 1050. The molecule has 4 aromatic rings. The van der Waals surface area contributed by atoms with Crippen LogP contribution in [0.15, 0.2) is 72.8 Å². The van der Waals surface area contributed by atoms with Crippen LogP contribution in [0.2, 0.25) is 0 Å². The van der Waals surface area contributed by atoms with Gasteiger partial charge in [-0.2, -0.15) is 0 Å². The van der Waals surface area contributed by atoms with Gasteiger partial charge in [0, 0.05) is 10.9 Å². The molecule has 0 aliphatic heterocycles. The van der Waals surface area contributed by atoms with Crippen molar-refractivity contribution in [1.82, 2.24) is 4.57 Å². The summed E-state index contributed by atoms with van der Waals surface area (Å²) in [4.78, 5) is 12.6. The number of esters is 1. The monoisotopic (exact) mass is 327 g/mol. The minimum absolute atomic E-state index is 0.285. The van der Waals surface area contributed by atoms with Gasteiger partial charge in [0.25, 0.3) is 0 Å². The van der Waals surface area contributed by atoms with Crippen LogP contribution in [-0.4, -0.2) is 18.4 Å². The average Bonchev–Trinajstić information content (AvgIpc) is 3.02. The normalized spacial score (nSPS) is 11.0. The Morgan fingerprint density at radius 2 is 1.56 bits per heavy atom. The quantitative estimate of drug-likeness (QED) is 0.422. The number of carbonyl (C=O) groups excluding carboxylic acids is 1. The summed E-state index contributed by atoms with van der Waals surface area (Å²) in [5.41, 5.74) is 2.65. The molecule has 3 nitrogen and oxygen atoms in total. The second kappa shape index (κ2) is 6.48. The summed E-state index contributed by atoms with van der Waals surface area (Å²) in [6, 6.07) is 24.2. The van der Waals surface area contributed by atoms with Gasteiger partial charge < -0.3 is 9.30 Å². The molecular weight excluding hydrogens is 309 g/mol. The van der Waals surface area contributed by atoms with Gasteiger partial charge in [0.05, 0.1) is 0 Å². The molecule has 0 aliphatic carbocycles. The highest BCUT2D eigenvalue weighted by molar-refractivity contribution is 6.09. The number of hydrogen-bond acceptors (Lipinski definition) is 2. The summed E-state index contributed by atoms with van der Waals surface area (Å²) in [5, 5.41) is 3.41. The van der Waals surface area contributed by atoms with Gasteiger partial charge in [-0.1, -0.05) is 54.6 Å². The van der Waals surface area contributed by atoms with Gasteiger partial charge >= 0.3 is 5.97 Å². The summed E-state index contributed by atoms with van der Waals surface area (Å²) in [5.74, 6) is -0.286. The third-order valence-corrected chi connectivity index (χ3v) is 4.51. The van der Waals surface area contributed by atoms with Crippen molar-refractivity contribution in [3.8, 4) is 0 Å². The van der Waals surface area contributed by atoms with E-state index in [2.05, 4.69) is 24.3 Å². The van der Waals surface area contributed by atoms with E-state index < -0.39 is 0 Å². The Hall–Kier alpha value is -3.01. The molecule has 0 fully saturated rings. The summed E-state index contributed by atoms with van der Waals surface area (Å²) >= 11 is 0. The van der Waals surface area contributed by atoms with Gasteiger partial charge in [0.1, 0.15) is 20.1 Å². The predicted octanol–water partition coefficient (Wildman–Crippen LogP) is 3.74. The highest BCUT2D eigenvalue weighted by atomic mass is 16.5. The molecule has 4 rings (SSSR count). The first-order valence-corrected chi connectivity index (χ1v) is 8.49. The van der Waals surface area contributed by atoms with Crippen molar-refractivity contribution < 1.29 is 9.53 Å². The number of fused-ring (bicyclic) bond motifs is 2. The molecule has 25 heavy (non-hydrogen) atoms. The molecule has 0 aliphatic rings. The number of aromatic nitrogens is 1. The van der Waals surface area contributed by atoms with Crippen LogP contribution in [0.5, 0.6) is 0 Å². The van der Waals surface area contributed by atoms with Crippen LogP contribution in [0.4, 0.5) is 0 Å². The smallest absolute Gasteiger partial charge is 0.355 e. The highest BCUT2D eigenvalue weighted by Gasteiger charge is 2.16. The third-order valence-electron chi connectivity index (χ3n) is 4.51. The van der Waals surface area contributed by atoms with E-state index in [1.54, 1.807) is 0 Å². The SMILES string of the molecule is BCn1c(C(=O)OCc2ccccc2)cc2cc3ccccc3cc21. The van der Waals surface area contributed by atoms with Crippen LogP contribution >= 0.6 is 0 Å². The minimum atomic E-state index is -0.286. The lowest BCUT2D eigenvalue weighted by molar-refractivity contribution is 0.0461. The Kier molecular flexibility index (Phi) is 4.02. The van der Waals surface area contributed by atoms with Crippen molar-refractivity contribution >= 4 is 35.5 Å². The van der Waals surface area contributed by atoms with Crippen LogP contribution < -0.4 is 0 Å². The molecule has 0 unspecified atom stereocenters. The fourth-order valence-corrected chi connectivity index (χ4v) is 3.26. The van der Waals surface area contributed by atoms with Crippen molar-refractivity contribution in [2.24, 2.45) is 0 Å². The second-order valence-electron chi connectivity index (χ2n) is 6.09. The number of rotatable bonds is 4. The maximum Gasteiger partial charge on any atom is 0.355 e. The molecule has 3 aromatic carbocycles. The molecule has 0 N–H and O–H groups in total. The van der Waals surface area contributed by atoms with E-state index >= 15 is 0 Å². The van der Waals surface area contributed by atoms with Gasteiger partial charge in [-0.15, -0.1) is 0 Å². The highest BCUT2D eigenvalue weighted by Crippen LogP contribution is 2.26. The molecule has 0 amide bonds. The molecule has 0 saturated heterocycles. The second-order valence-corrected chi connectivity index (χ2v) is 6.09. The molecule has 0 saturated carbocycles. The Morgan fingerprint density at radius 3 is 2.28 bits per heavy atom. The minimum Gasteiger partial charge on any atom is -0.456 e. The lowest BCUT2D eigenvalue weighted by atomic mass is 10.1. The van der Waals surface area contributed by atoms with Crippen molar-refractivity contribution in [3.63, 3.8) is 0 Å². The van der Waals surface area contributed by atoms with Crippen LogP contribution in [0.25, 0.3) is 21.7 Å². The van der Waals surface area contributed by atoms with Gasteiger partial charge in [-0.25, -0.2) is 4.79 Å². The number of benzene rings is 3. The largest absolute Gasteiger partial charge is 0.456 e. The first kappa shape index (κ1) is 15.5. The first-order chi connectivity index (χ1) is 12.3. The van der Waals surface area contributed by atoms with E-state index in [1.807, 2.05) is 60.9 Å². The van der Waals surface area contributed by atoms with E-state index in [1.165, 1.54) is 10.8 Å². The van der Waals surface area contributed by atoms with Crippen molar-refractivity contribution in [2.45, 2.75) is 13.1 Å². The zero-order valence-corrected chi connectivity index (χ0v) is 14.1. The van der Waals surface area contributed by atoms with Crippen molar-refractivity contribution in [2.75, 3.05) is 0 Å². The fraction of sp³-hybridized carbons (Fsp3) is 0.0952. The molecule has 4 heteroatoms. The number of hydrogen-bond donors (Lipinski definition) is 0. The summed E-state index contributed by atoms with van der Waals surface area (Å²) < 4.78 is 7.55.